The Morgan fingerprint density at radius 1 is 1.21 bits per heavy atom. The van der Waals surface area contributed by atoms with Crippen LogP contribution in [-0.4, -0.2) is 11.1 Å². The highest BCUT2D eigenvalue weighted by molar-refractivity contribution is 7.10. The Morgan fingerprint density at radius 2 is 1.95 bits per heavy atom. The van der Waals surface area contributed by atoms with E-state index in [1.807, 2.05) is 23.5 Å². The molecule has 0 fully saturated rings. The van der Waals surface area contributed by atoms with Crippen molar-refractivity contribution in [3.63, 3.8) is 0 Å². The summed E-state index contributed by atoms with van der Waals surface area (Å²) >= 11 is 1.82. The van der Waals surface area contributed by atoms with Gasteiger partial charge in [-0.25, -0.2) is 0 Å². The van der Waals surface area contributed by atoms with Gasteiger partial charge in [0.1, 0.15) is 5.75 Å². The summed E-state index contributed by atoms with van der Waals surface area (Å²) in [5.74, 6) is 0.336. The van der Waals surface area contributed by atoms with E-state index in [4.69, 9.17) is 0 Å². The Kier molecular flexibility index (Phi) is 5.00. The van der Waals surface area contributed by atoms with Crippen LogP contribution in [0.2, 0.25) is 0 Å². The number of benzene rings is 1. The Labute approximate surface area is 119 Å². The molecular weight excluding hydrogens is 254 g/mol. The maximum absolute atomic E-state index is 9.24. The molecule has 0 aliphatic carbocycles. The second-order valence-electron chi connectivity index (χ2n) is 5.01. The number of phenols is 1. The number of aryl methyl sites for hydroxylation is 2. The standard InChI is InChI=1S/C16H21NOS/c1-12-9-10-19-16(12)11-17-13(2)3-4-14-5-7-15(18)8-6-14/h5-10,13,17-18H,3-4,11H2,1-2H3. The van der Waals surface area contributed by atoms with Gasteiger partial charge in [0.05, 0.1) is 0 Å². The van der Waals surface area contributed by atoms with Crippen molar-refractivity contribution in [1.29, 1.82) is 0 Å². The summed E-state index contributed by atoms with van der Waals surface area (Å²) in [5.41, 5.74) is 2.65. The zero-order valence-electron chi connectivity index (χ0n) is 11.5. The molecule has 2 aromatic rings. The van der Waals surface area contributed by atoms with Gasteiger partial charge in [0, 0.05) is 17.5 Å². The van der Waals surface area contributed by atoms with E-state index < -0.39 is 0 Å². The van der Waals surface area contributed by atoms with Crippen molar-refractivity contribution in [3.05, 3.63) is 51.7 Å². The van der Waals surface area contributed by atoms with Crippen molar-refractivity contribution >= 4 is 11.3 Å². The largest absolute Gasteiger partial charge is 0.508 e. The Hall–Kier alpha value is -1.32. The normalized spacial score (nSPS) is 12.5. The highest BCUT2D eigenvalue weighted by atomic mass is 32.1. The summed E-state index contributed by atoms with van der Waals surface area (Å²) in [6, 6.07) is 10.2. The van der Waals surface area contributed by atoms with Crippen molar-refractivity contribution in [1.82, 2.24) is 5.32 Å². The molecule has 19 heavy (non-hydrogen) atoms. The molecule has 2 nitrogen and oxygen atoms in total. The minimum Gasteiger partial charge on any atom is -0.508 e. The first-order chi connectivity index (χ1) is 9.15. The SMILES string of the molecule is Cc1ccsc1CNC(C)CCc1ccc(O)cc1. The molecule has 0 saturated carbocycles. The molecule has 2 N–H and O–H groups in total. The van der Waals surface area contributed by atoms with Gasteiger partial charge in [-0.05, 0) is 61.4 Å². The van der Waals surface area contributed by atoms with Crippen molar-refractivity contribution < 1.29 is 5.11 Å². The van der Waals surface area contributed by atoms with Crippen LogP contribution >= 0.6 is 11.3 Å². The molecule has 1 aromatic carbocycles. The van der Waals surface area contributed by atoms with Gasteiger partial charge < -0.3 is 10.4 Å². The van der Waals surface area contributed by atoms with Crippen LogP contribution in [0.25, 0.3) is 0 Å². The van der Waals surface area contributed by atoms with E-state index >= 15 is 0 Å². The van der Waals surface area contributed by atoms with E-state index in [1.165, 1.54) is 16.0 Å². The number of rotatable bonds is 6. The highest BCUT2D eigenvalue weighted by Gasteiger charge is 2.05. The molecule has 1 heterocycles. The first kappa shape index (κ1) is 14.1. The van der Waals surface area contributed by atoms with Crippen LogP contribution < -0.4 is 5.32 Å². The van der Waals surface area contributed by atoms with E-state index in [9.17, 15) is 5.11 Å². The smallest absolute Gasteiger partial charge is 0.115 e. The zero-order chi connectivity index (χ0) is 13.7. The van der Waals surface area contributed by atoms with Crippen LogP contribution in [-0.2, 0) is 13.0 Å². The third-order valence-electron chi connectivity index (χ3n) is 3.38. The molecule has 1 aromatic heterocycles. The van der Waals surface area contributed by atoms with Crippen LogP contribution in [0.4, 0.5) is 0 Å². The minimum absolute atomic E-state index is 0.336. The molecule has 0 bridgehead atoms. The Balaban J connectivity index is 1.74. The Morgan fingerprint density at radius 3 is 2.58 bits per heavy atom. The topological polar surface area (TPSA) is 32.3 Å². The monoisotopic (exact) mass is 275 g/mol. The van der Waals surface area contributed by atoms with Gasteiger partial charge in [-0.1, -0.05) is 12.1 Å². The number of thiophene rings is 1. The molecule has 0 saturated heterocycles. The third-order valence-corrected chi connectivity index (χ3v) is 4.40. The van der Waals surface area contributed by atoms with Gasteiger partial charge in [-0.2, -0.15) is 0 Å². The summed E-state index contributed by atoms with van der Waals surface area (Å²) in [4.78, 5) is 1.43. The maximum atomic E-state index is 9.24. The van der Waals surface area contributed by atoms with E-state index in [0.717, 1.165) is 19.4 Å². The number of nitrogens with one attached hydrogen (secondary N) is 1. The van der Waals surface area contributed by atoms with Gasteiger partial charge in [0.25, 0.3) is 0 Å². The second-order valence-corrected chi connectivity index (χ2v) is 6.01. The lowest BCUT2D eigenvalue weighted by atomic mass is 10.1. The molecule has 3 heteroatoms. The van der Waals surface area contributed by atoms with Crippen LogP contribution in [0.15, 0.2) is 35.7 Å². The predicted molar refractivity (Wildman–Crippen MR) is 81.8 cm³/mol. The number of hydrogen-bond donors (Lipinski definition) is 2. The summed E-state index contributed by atoms with van der Waals surface area (Å²) in [5, 5.41) is 15.0. The van der Waals surface area contributed by atoms with E-state index in [1.54, 1.807) is 12.1 Å². The maximum Gasteiger partial charge on any atom is 0.115 e. The van der Waals surface area contributed by atoms with E-state index in [-0.39, 0.29) is 0 Å². The average Bonchev–Trinajstić information content (AvgIpc) is 2.81. The van der Waals surface area contributed by atoms with Gasteiger partial charge in [-0.3, -0.25) is 0 Å². The molecular formula is C16H21NOS. The fourth-order valence-corrected chi connectivity index (χ4v) is 2.86. The fourth-order valence-electron chi connectivity index (χ4n) is 2.00. The lowest BCUT2D eigenvalue weighted by molar-refractivity contribution is 0.474. The number of phenolic OH excluding ortho intramolecular Hbond substituents is 1. The summed E-state index contributed by atoms with van der Waals surface area (Å²) < 4.78 is 0. The van der Waals surface area contributed by atoms with Gasteiger partial charge in [0.15, 0.2) is 0 Å². The summed E-state index contributed by atoms with van der Waals surface area (Å²) in [6.45, 7) is 5.35. The molecule has 0 spiro atoms. The fraction of sp³-hybridized carbons (Fsp3) is 0.375. The van der Waals surface area contributed by atoms with Crippen LogP contribution in [0, 0.1) is 6.92 Å². The van der Waals surface area contributed by atoms with Crippen molar-refractivity contribution in [3.8, 4) is 5.75 Å². The van der Waals surface area contributed by atoms with Crippen molar-refractivity contribution in [2.24, 2.45) is 0 Å². The van der Waals surface area contributed by atoms with Gasteiger partial charge in [0.2, 0.25) is 0 Å². The van der Waals surface area contributed by atoms with Crippen LogP contribution in [0.3, 0.4) is 0 Å². The average molecular weight is 275 g/mol. The molecule has 0 amide bonds. The van der Waals surface area contributed by atoms with E-state index in [2.05, 4.69) is 30.6 Å². The van der Waals surface area contributed by atoms with Gasteiger partial charge in [-0.15, -0.1) is 11.3 Å². The highest BCUT2D eigenvalue weighted by Crippen LogP contribution is 2.16. The molecule has 102 valence electrons. The van der Waals surface area contributed by atoms with Crippen LogP contribution in [0.1, 0.15) is 29.3 Å². The molecule has 0 aliphatic heterocycles. The lowest BCUT2D eigenvalue weighted by Gasteiger charge is -2.13. The molecule has 1 unspecified atom stereocenters. The molecule has 2 rings (SSSR count). The minimum atomic E-state index is 0.336. The molecule has 1 atom stereocenters. The molecule has 0 radical (unpaired) electrons. The van der Waals surface area contributed by atoms with Crippen molar-refractivity contribution in [2.75, 3.05) is 0 Å². The first-order valence-electron chi connectivity index (χ1n) is 6.69. The number of aromatic hydroxyl groups is 1. The quantitative estimate of drug-likeness (QED) is 0.838. The molecule has 0 aliphatic rings. The second kappa shape index (κ2) is 6.73. The summed E-state index contributed by atoms with van der Waals surface area (Å²) in [6.07, 6.45) is 2.15. The van der Waals surface area contributed by atoms with Gasteiger partial charge >= 0.3 is 0 Å². The zero-order valence-corrected chi connectivity index (χ0v) is 12.3. The predicted octanol–water partition coefficient (Wildman–Crippen LogP) is 3.87. The Bertz CT molecular complexity index is 504. The summed E-state index contributed by atoms with van der Waals surface area (Å²) in [7, 11) is 0. The van der Waals surface area contributed by atoms with E-state index in [0.29, 0.717) is 11.8 Å². The number of hydrogen-bond acceptors (Lipinski definition) is 3. The lowest BCUT2D eigenvalue weighted by Crippen LogP contribution is -2.25. The third kappa shape index (κ3) is 4.37. The first-order valence-corrected chi connectivity index (χ1v) is 7.57. The van der Waals surface area contributed by atoms with Crippen LogP contribution in [0.5, 0.6) is 5.75 Å². The van der Waals surface area contributed by atoms with Crippen molar-refractivity contribution in [2.45, 2.75) is 39.3 Å².